The second-order valence-electron chi connectivity index (χ2n) is 18.1. The molecule has 0 heterocycles. The van der Waals surface area contributed by atoms with Crippen molar-refractivity contribution in [3.8, 4) is 0 Å². The molecule has 0 bridgehead atoms. The molecule has 0 saturated carbocycles. The lowest BCUT2D eigenvalue weighted by atomic mass is 10.0. The van der Waals surface area contributed by atoms with Gasteiger partial charge in [0.2, 0.25) is 0 Å². The van der Waals surface area contributed by atoms with E-state index in [4.69, 9.17) is 14.2 Å². The summed E-state index contributed by atoms with van der Waals surface area (Å²) in [6.07, 6.45) is 42.3. The van der Waals surface area contributed by atoms with Crippen molar-refractivity contribution in [2.24, 2.45) is 11.8 Å². The number of carbonyl (C=O) groups is 3. The van der Waals surface area contributed by atoms with Crippen LogP contribution in [0.5, 0.6) is 0 Å². The van der Waals surface area contributed by atoms with Gasteiger partial charge in [-0.2, -0.15) is 0 Å². The highest BCUT2D eigenvalue weighted by molar-refractivity contribution is 5.71. The number of rotatable bonds is 44. The first kappa shape index (κ1) is 54.4. The molecule has 0 saturated heterocycles. The highest BCUT2D eigenvalue weighted by atomic mass is 16.6. The fourth-order valence-corrected chi connectivity index (χ4v) is 7.46. The zero-order valence-corrected chi connectivity index (χ0v) is 38.3. The van der Waals surface area contributed by atoms with E-state index in [0.717, 1.165) is 69.6 Å². The van der Waals surface area contributed by atoms with E-state index in [9.17, 15) is 14.4 Å². The standard InChI is InChI=1S/C50H96O6/c1-6-7-8-9-10-11-12-13-18-21-26-32-37-42-50(53)56-47(44-55-49(52)41-36-31-27-22-24-29-34-39-46(4)5)43-54-48(51)40-35-30-25-20-17-15-14-16-19-23-28-33-38-45(2)3/h45-47H,6-44H2,1-5H3/t47-/m0/s1. The van der Waals surface area contributed by atoms with Gasteiger partial charge in [0.15, 0.2) is 6.10 Å². The van der Waals surface area contributed by atoms with Crippen LogP contribution in [-0.2, 0) is 28.6 Å². The van der Waals surface area contributed by atoms with Crippen molar-refractivity contribution in [1.82, 2.24) is 0 Å². The SMILES string of the molecule is CCCCCCCCCCCCCCCC(=O)O[C@@H](COC(=O)CCCCCCCCCCCCCCC(C)C)COC(=O)CCCCCCCCCC(C)C. The van der Waals surface area contributed by atoms with Gasteiger partial charge in [-0.05, 0) is 31.1 Å². The van der Waals surface area contributed by atoms with Crippen molar-refractivity contribution in [2.45, 2.75) is 278 Å². The Morgan fingerprint density at radius 1 is 0.339 bits per heavy atom. The van der Waals surface area contributed by atoms with Gasteiger partial charge in [0.25, 0.3) is 0 Å². The second kappa shape index (κ2) is 43.0. The van der Waals surface area contributed by atoms with Crippen molar-refractivity contribution >= 4 is 17.9 Å². The van der Waals surface area contributed by atoms with Crippen molar-refractivity contribution in [3.05, 3.63) is 0 Å². The predicted molar refractivity (Wildman–Crippen MR) is 238 cm³/mol. The summed E-state index contributed by atoms with van der Waals surface area (Å²) in [5, 5.41) is 0. The molecule has 0 aliphatic rings. The second-order valence-corrected chi connectivity index (χ2v) is 18.1. The number of hydrogen-bond donors (Lipinski definition) is 0. The van der Waals surface area contributed by atoms with Crippen LogP contribution in [0, 0.1) is 11.8 Å². The highest BCUT2D eigenvalue weighted by Gasteiger charge is 2.19. The summed E-state index contributed by atoms with van der Waals surface area (Å²) >= 11 is 0. The first-order chi connectivity index (χ1) is 27.2. The number of hydrogen-bond acceptors (Lipinski definition) is 6. The average molecular weight is 793 g/mol. The summed E-state index contributed by atoms with van der Waals surface area (Å²) in [5.74, 6) is 0.762. The quantitative estimate of drug-likeness (QED) is 0.0347. The van der Waals surface area contributed by atoms with Gasteiger partial charge in [-0.25, -0.2) is 0 Å². The van der Waals surface area contributed by atoms with E-state index >= 15 is 0 Å². The zero-order valence-electron chi connectivity index (χ0n) is 38.3. The summed E-state index contributed by atoms with van der Waals surface area (Å²) in [4.78, 5) is 37.8. The lowest BCUT2D eigenvalue weighted by Crippen LogP contribution is -2.30. The van der Waals surface area contributed by atoms with Gasteiger partial charge in [0.1, 0.15) is 13.2 Å². The molecule has 56 heavy (non-hydrogen) atoms. The topological polar surface area (TPSA) is 78.9 Å². The minimum atomic E-state index is -0.761. The van der Waals surface area contributed by atoms with Gasteiger partial charge < -0.3 is 14.2 Å². The zero-order chi connectivity index (χ0) is 41.2. The van der Waals surface area contributed by atoms with Crippen molar-refractivity contribution in [3.63, 3.8) is 0 Å². The van der Waals surface area contributed by atoms with Crippen molar-refractivity contribution in [1.29, 1.82) is 0 Å². The number of ether oxygens (including phenoxy) is 3. The Labute approximate surface area is 348 Å². The maximum Gasteiger partial charge on any atom is 0.306 e. The Hall–Kier alpha value is -1.59. The van der Waals surface area contributed by atoms with E-state index in [2.05, 4.69) is 34.6 Å². The van der Waals surface area contributed by atoms with E-state index in [0.29, 0.717) is 19.3 Å². The summed E-state index contributed by atoms with van der Waals surface area (Å²) < 4.78 is 16.8. The average Bonchev–Trinajstić information content (AvgIpc) is 3.16. The van der Waals surface area contributed by atoms with Crippen LogP contribution in [0.2, 0.25) is 0 Å². The Morgan fingerprint density at radius 3 is 0.875 bits per heavy atom. The predicted octanol–water partition coefficient (Wildman–Crippen LogP) is 15.8. The molecule has 0 aromatic rings. The minimum Gasteiger partial charge on any atom is -0.462 e. The van der Waals surface area contributed by atoms with Gasteiger partial charge in [0, 0.05) is 19.3 Å². The Bertz CT molecular complexity index is 854. The molecule has 0 unspecified atom stereocenters. The third-order valence-corrected chi connectivity index (χ3v) is 11.2. The van der Waals surface area contributed by atoms with Crippen LogP contribution in [0.3, 0.4) is 0 Å². The van der Waals surface area contributed by atoms with Gasteiger partial charge in [-0.3, -0.25) is 14.4 Å². The molecule has 0 aliphatic carbocycles. The van der Waals surface area contributed by atoms with E-state index in [-0.39, 0.29) is 31.1 Å². The number of esters is 3. The van der Waals surface area contributed by atoms with E-state index in [1.165, 1.54) is 161 Å². The molecule has 6 nitrogen and oxygen atoms in total. The molecule has 332 valence electrons. The van der Waals surface area contributed by atoms with Gasteiger partial charge in [0.05, 0.1) is 0 Å². The number of unbranched alkanes of at least 4 members (excludes halogenated alkanes) is 29. The summed E-state index contributed by atoms with van der Waals surface area (Å²) in [7, 11) is 0. The van der Waals surface area contributed by atoms with Crippen LogP contribution in [-0.4, -0.2) is 37.2 Å². The molecule has 6 heteroatoms. The molecule has 0 spiro atoms. The van der Waals surface area contributed by atoms with Crippen LogP contribution in [0.15, 0.2) is 0 Å². The maximum atomic E-state index is 12.7. The first-order valence-corrected chi connectivity index (χ1v) is 24.7. The molecule has 0 amide bonds. The molecular formula is C50H96O6. The minimum absolute atomic E-state index is 0.0645. The Balaban J connectivity index is 4.30. The summed E-state index contributed by atoms with van der Waals surface area (Å²) in [6.45, 7) is 11.3. The van der Waals surface area contributed by atoms with Crippen LogP contribution >= 0.6 is 0 Å². The number of carbonyl (C=O) groups excluding carboxylic acids is 3. The van der Waals surface area contributed by atoms with Crippen molar-refractivity contribution < 1.29 is 28.6 Å². The molecule has 0 N–H and O–H groups in total. The Kier molecular flexibility index (Phi) is 41.8. The van der Waals surface area contributed by atoms with Crippen molar-refractivity contribution in [2.75, 3.05) is 13.2 Å². The van der Waals surface area contributed by atoms with E-state index in [1.807, 2.05) is 0 Å². The molecular weight excluding hydrogens is 697 g/mol. The van der Waals surface area contributed by atoms with Crippen LogP contribution in [0.4, 0.5) is 0 Å². The fourth-order valence-electron chi connectivity index (χ4n) is 7.46. The Morgan fingerprint density at radius 2 is 0.589 bits per heavy atom. The lowest BCUT2D eigenvalue weighted by Gasteiger charge is -2.18. The molecule has 0 aromatic carbocycles. The monoisotopic (exact) mass is 793 g/mol. The van der Waals surface area contributed by atoms with E-state index in [1.54, 1.807) is 0 Å². The molecule has 0 aliphatic heterocycles. The van der Waals surface area contributed by atoms with Gasteiger partial charge in [-0.15, -0.1) is 0 Å². The molecule has 0 radical (unpaired) electrons. The highest BCUT2D eigenvalue weighted by Crippen LogP contribution is 2.17. The van der Waals surface area contributed by atoms with E-state index < -0.39 is 6.10 Å². The molecule has 0 rings (SSSR count). The summed E-state index contributed by atoms with van der Waals surface area (Å²) in [6, 6.07) is 0. The summed E-state index contributed by atoms with van der Waals surface area (Å²) in [5.41, 5.74) is 0. The van der Waals surface area contributed by atoms with Gasteiger partial charge >= 0.3 is 17.9 Å². The van der Waals surface area contributed by atoms with Crippen LogP contribution < -0.4 is 0 Å². The molecule has 1 atom stereocenters. The normalized spacial score (nSPS) is 12.1. The van der Waals surface area contributed by atoms with Gasteiger partial charge in [-0.1, -0.05) is 234 Å². The first-order valence-electron chi connectivity index (χ1n) is 24.7. The maximum absolute atomic E-state index is 12.7. The van der Waals surface area contributed by atoms with Crippen LogP contribution in [0.1, 0.15) is 272 Å². The lowest BCUT2D eigenvalue weighted by molar-refractivity contribution is -0.167. The smallest absolute Gasteiger partial charge is 0.306 e. The third-order valence-electron chi connectivity index (χ3n) is 11.2. The van der Waals surface area contributed by atoms with Crippen LogP contribution in [0.25, 0.3) is 0 Å². The molecule has 0 aromatic heterocycles. The largest absolute Gasteiger partial charge is 0.462 e. The third kappa shape index (κ3) is 43.5. The molecule has 0 fully saturated rings. The fraction of sp³-hybridized carbons (Fsp3) is 0.940.